The van der Waals surface area contributed by atoms with E-state index in [1.54, 1.807) is 54.0 Å². The van der Waals surface area contributed by atoms with Crippen LogP contribution in [0.3, 0.4) is 0 Å². The number of hydrogen-bond donors (Lipinski definition) is 1. The summed E-state index contributed by atoms with van der Waals surface area (Å²) in [6.45, 7) is 1.66. The minimum atomic E-state index is -3.79. The Morgan fingerprint density at radius 1 is 1.00 bits per heavy atom. The summed E-state index contributed by atoms with van der Waals surface area (Å²) >= 11 is 6.06. The average Bonchev–Trinajstić information content (AvgIpc) is 3.27. The summed E-state index contributed by atoms with van der Waals surface area (Å²) in [7, 11) is -3.79. The molecule has 5 rings (SSSR count). The third kappa shape index (κ3) is 3.61. The number of benzene rings is 3. The van der Waals surface area contributed by atoms with Crippen LogP contribution < -0.4 is 9.46 Å². The molecule has 0 saturated carbocycles. The van der Waals surface area contributed by atoms with Crippen LogP contribution in [0.15, 0.2) is 78.0 Å². The number of sulfonamides is 1. The highest BCUT2D eigenvalue weighted by molar-refractivity contribution is 7.92. The topological polar surface area (TPSA) is 98.5 Å². The van der Waals surface area contributed by atoms with Crippen LogP contribution in [0.4, 0.5) is 5.69 Å². The summed E-state index contributed by atoms with van der Waals surface area (Å²) in [5.74, 6) is 0.767. The van der Waals surface area contributed by atoms with Gasteiger partial charge in [0.15, 0.2) is 0 Å². The van der Waals surface area contributed by atoms with Crippen LogP contribution in [0, 0.1) is 6.92 Å². The molecule has 0 aliphatic rings. The standard InChI is InChI=1S/C22H16ClN5O3S/c1-14-17(23)5-4-8-20(14)32(29,30)27-15-9-11-16(12-10-15)31-22-21-26-24-13-28(21)19-7-3-2-6-18(19)25-22/h2-13,27H,1H3. The molecule has 1 N–H and O–H groups in total. The molecular weight excluding hydrogens is 450 g/mol. The maximum atomic E-state index is 12.8. The Bertz CT molecular complexity index is 1570. The van der Waals surface area contributed by atoms with E-state index in [1.807, 2.05) is 24.3 Å². The normalized spacial score (nSPS) is 11.7. The number of anilines is 1. The lowest BCUT2D eigenvalue weighted by atomic mass is 10.2. The number of nitrogens with zero attached hydrogens (tertiary/aromatic N) is 4. The first kappa shape index (κ1) is 20.2. The highest BCUT2D eigenvalue weighted by atomic mass is 35.5. The Kier molecular flexibility index (Phi) is 4.91. The summed E-state index contributed by atoms with van der Waals surface area (Å²) < 4.78 is 35.8. The number of aromatic nitrogens is 4. The maximum Gasteiger partial charge on any atom is 0.266 e. The van der Waals surface area contributed by atoms with Crippen molar-refractivity contribution >= 4 is 44.0 Å². The molecule has 10 heteroatoms. The molecule has 0 spiro atoms. The molecule has 0 fully saturated rings. The summed E-state index contributed by atoms with van der Waals surface area (Å²) in [5.41, 5.74) is 2.94. The monoisotopic (exact) mass is 465 g/mol. The fourth-order valence-electron chi connectivity index (χ4n) is 3.34. The van der Waals surface area contributed by atoms with Gasteiger partial charge in [0.1, 0.15) is 12.1 Å². The van der Waals surface area contributed by atoms with Gasteiger partial charge in [-0.1, -0.05) is 29.8 Å². The molecule has 0 amide bonds. The van der Waals surface area contributed by atoms with Gasteiger partial charge in [-0.25, -0.2) is 13.4 Å². The lowest BCUT2D eigenvalue weighted by molar-refractivity contribution is 0.467. The molecule has 0 saturated heterocycles. The smallest absolute Gasteiger partial charge is 0.266 e. The second-order valence-electron chi connectivity index (χ2n) is 7.03. The minimum Gasteiger partial charge on any atom is -0.436 e. The fraction of sp³-hybridized carbons (Fsp3) is 0.0455. The van der Waals surface area contributed by atoms with E-state index in [0.29, 0.717) is 33.6 Å². The molecule has 0 aliphatic carbocycles. The van der Waals surface area contributed by atoms with E-state index in [2.05, 4.69) is 19.9 Å². The van der Waals surface area contributed by atoms with Crippen molar-refractivity contribution in [2.75, 3.05) is 4.72 Å². The second-order valence-corrected chi connectivity index (χ2v) is 9.08. The number of hydrogen-bond acceptors (Lipinski definition) is 6. The zero-order valence-corrected chi connectivity index (χ0v) is 18.3. The van der Waals surface area contributed by atoms with E-state index in [1.165, 1.54) is 6.07 Å². The molecular formula is C22H16ClN5O3S. The van der Waals surface area contributed by atoms with Crippen LogP contribution in [-0.4, -0.2) is 28.0 Å². The quantitative estimate of drug-likeness (QED) is 0.399. The van der Waals surface area contributed by atoms with Crippen LogP contribution in [0.5, 0.6) is 11.6 Å². The van der Waals surface area contributed by atoms with Crippen molar-refractivity contribution < 1.29 is 13.2 Å². The first-order valence-corrected chi connectivity index (χ1v) is 11.4. The van der Waals surface area contributed by atoms with Gasteiger partial charge in [-0.2, -0.15) is 0 Å². The average molecular weight is 466 g/mol. The maximum absolute atomic E-state index is 12.8. The molecule has 0 bridgehead atoms. The van der Waals surface area contributed by atoms with Gasteiger partial charge in [-0.05, 0) is 61.0 Å². The number of rotatable bonds is 5. The Morgan fingerprint density at radius 3 is 2.59 bits per heavy atom. The molecule has 5 aromatic rings. The summed E-state index contributed by atoms with van der Waals surface area (Å²) in [5, 5.41) is 8.45. The van der Waals surface area contributed by atoms with Gasteiger partial charge in [-0.15, -0.1) is 10.2 Å². The SMILES string of the molecule is Cc1c(Cl)cccc1S(=O)(=O)Nc1ccc(Oc2nc3ccccc3n3cnnc23)cc1. The van der Waals surface area contributed by atoms with Crippen molar-refractivity contribution in [2.45, 2.75) is 11.8 Å². The van der Waals surface area contributed by atoms with Crippen LogP contribution in [0.2, 0.25) is 5.02 Å². The molecule has 3 aromatic carbocycles. The molecule has 0 aliphatic heterocycles. The minimum absolute atomic E-state index is 0.125. The number of halogens is 1. The molecule has 32 heavy (non-hydrogen) atoms. The van der Waals surface area contributed by atoms with Gasteiger partial charge in [0.25, 0.3) is 15.9 Å². The van der Waals surface area contributed by atoms with Crippen molar-refractivity contribution in [3.63, 3.8) is 0 Å². The van der Waals surface area contributed by atoms with Crippen LogP contribution in [0.1, 0.15) is 5.56 Å². The Balaban J connectivity index is 1.42. The third-order valence-corrected chi connectivity index (χ3v) is 6.87. The molecule has 8 nitrogen and oxygen atoms in total. The molecule has 2 heterocycles. The molecule has 2 aromatic heterocycles. The van der Waals surface area contributed by atoms with E-state index in [4.69, 9.17) is 16.3 Å². The highest BCUT2D eigenvalue weighted by Gasteiger charge is 2.18. The van der Waals surface area contributed by atoms with E-state index in [0.717, 1.165) is 11.0 Å². The van der Waals surface area contributed by atoms with Crippen molar-refractivity contribution in [3.8, 4) is 11.6 Å². The van der Waals surface area contributed by atoms with Gasteiger partial charge in [0.2, 0.25) is 5.65 Å². The van der Waals surface area contributed by atoms with Crippen LogP contribution in [0.25, 0.3) is 16.7 Å². The van der Waals surface area contributed by atoms with E-state index < -0.39 is 10.0 Å². The summed E-state index contributed by atoms with van der Waals surface area (Å²) in [6.07, 6.45) is 1.60. The van der Waals surface area contributed by atoms with Gasteiger partial charge in [-0.3, -0.25) is 9.12 Å². The second kappa shape index (κ2) is 7.77. The van der Waals surface area contributed by atoms with Crippen molar-refractivity contribution in [2.24, 2.45) is 0 Å². The molecule has 0 radical (unpaired) electrons. The Hall–Kier alpha value is -3.69. The number of ether oxygens (including phenoxy) is 1. The predicted molar refractivity (Wildman–Crippen MR) is 122 cm³/mol. The van der Waals surface area contributed by atoms with Crippen molar-refractivity contribution in [1.82, 2.24) is 19.6 Å². The van der Waals surface area contributed by atoms with Crippen LogP contribution in [-0.2, 0) is 10.0 Å². The van der Waals surface area contributed by atoms with Gasteiger partial charge < -0.3 is 4.74 Å². The van der Waals surface area contributed by atoms with Crippen molar-refractivity contribution in [3.05, 3.63) is 83.6 Å². The fourth-order valence-corrected chi connectivity index (χ4v) is 4.90. The third-order valence-electron chi connectivity index (χ3n) is 4.93. The summed E-state index contributed by atoms with van der Waals surface area (Å²) in [4.78, 5) is 4.67. The lowest BCUT2D eigenvalue weighted by Crippen LogP contribution is -2.14. The predicted octanol–water partition coefficient (Wildman–Crippen LogP) is 4.83. The van der Waals surface area contributed by atoms with Crippen molar-refractivity contribution in [1.29, 1.82) is 0 Å². The first-order valence-electron chi connectivity index (χ1n) is 9.57. The Morgan fingerprint density at radius 2 is 1.78 bits per heavy atom. The largest absolute Gasteiger partial charge is 0.436 e. The van der Waals surface area contributed by atoms with E-state index in [-0.39, 0.29) is 4.90 Å². The van der Waals surface area contributed by atoms with E-state index in [9.17, 15) is 8.42 Å². The first-order chi connectivity index (χ1) is 15.4. The zero-order chi connectivity index (χ0) is 22.3. The van der Waals surface area contributed by atoms with Gasteiger partial charge in [0.05, 0.1) is 15.9 Å². The number of para-hydroxylation sites is 2. The highest BCUT2D eigenvalue weighted by Crippen LogP contribution is 2.29. The molecule has 0 unspecified atom stereocenters. The zero-order valence-electron chi connectivity index (χ0n) is 16.7. The number of fused-ring (bicyclic) bond motifs is 3. The lowest BCUT2D eigenvalue weighted by Gasteiger charge is -2.12. The van der Waals surface area contributed by atoms with Gasteiger partial charge in [0, 0.05) is 10.7 Å². The van der Waals surface area contributed by atoms with Crippen LogP contribution >= 0.6 is 11.6 Å². The van der Waals surface area contributed by atoms with Gasteiger partial charge >= 0.3 is 0 Å². The van der Waals surface area contributed by atoms with E-state index >= 15 is 0 Å². The number of nitrogens with one attached hydrogen (secondary N) is 1. The molecule has 160 valence electrons. The Labute approximate surface area is 188 Å². The summed E-state index contributed by atoms with van der Waals surface area (Å²) in [6, 6.07) is 18.9. The molecule has 0 atom stereocenters.